The summed E-state index contributed by atoms with van der Waals surface area (Å²) >= 11 is 0. The highest BCUT2D eigenvalue weighted by Gasteiger charge is 2.56. The van der Waals surface area contributed by atoms with Crippen LogP contribution in [0.15, 0.2) is 79.3 Å². The quantitative estimate of drug-likeness (QED) is 0.0496. The number of anilines is 3. The number of aryl methyl sites for hydroxylation is 2. The van der Waals surface area contributed by atoms with E-state index in [0.29, 0.717) is 110 Å². The molecule has 8 amide bonds. The molecule has 7 aliphatic rings. The molecule has 0 radical (unpaired) electrons. The van der Waals surface area contributed by atoms with Crippen LogP contribution in [0.1, 0.15) is 175 Å². The lowest BCUT2D eigenvalue weighted by Gasteiger charge is -2.48. The van der Waals surface area contributed by atoms with Gasteiger partial charge in [-0.05, 0) is 190 Å². The molecule has 3 aromatic carbocycles. The van der Waals surface area contributed by atoms with E-state index in [4.69, 9.17) is 9.97 Å². The highest BCUT2D eigenvalue weighted by atomic mass is 19.1. The Hall–Kier alpha value is -8.76. The number of imide groups is 2. The lowest BCUT2D eigenvalue weighted by molar-refractivity contribution is -0.140. The Morgan fingerprint density at radius 2 is 1.58 bits per heavy atom. The minimum atomic E-state index is -1.05. The van der Waals surface area contributed by atoms with E-state index in [2.05, 4.69) is 53.1 Å². The molecule has 1 aliphatic carbocycles. The fraction of sp³-hybridized carbons (Fsp3) is 0.471. The molecule has 1 spiro atoms. The van der Waals surface area contributed by atoms with Gasteiger partial charge < -0.3 is 35.2 Å². The number of hydrogen-bond donors (Lipinski definition) is 4. The normalized spacial score (nSPS) is 21.1. The molecular formula is C70H80FN13O8. The van der Waals surface area contributed by atoms with Crippen LogP contribution in [-0.2, 0) is 37.6 Å². The third-order valence-corrected chi connectivity index (χ3v) is 20.2. The van der Waals surface area contributed by atoms with Gasteiger partial charge in [-0.3, -0.25) is 58.5 Å². The Balaban J connectivity index is 0.644. The number of nitrogens with one attached hydrogen (secondary N) is 4. The number of amides is 8. The van der Waals surface area contributed by atoms with E-state index in [9.17, 15) is 33.6 Å². The summed E-state index contributed by atoms with van der Waals surface area (Å²) in [5.41, 5.74) is 7.10. The number of fused-ring (bicyclic) bond motifs is 4. The van der Waals surface area contributed by atoms with Crippen LogP contribution in [-0.4, -0.2) is 156 Å². The number of carbonyl (C=O) groups excluding carboxylic acids is 8. The van der Waals surface area contributed by atoms with Crippen LogP contribution < -0.4 is 26.2 Å². The first kappa shape index (κ1) is 62.1. The van der Waals surface area contributed by atoms with Crippen LogP contribution >= 0.6 is 0 Å². The first-order chi connectivity index (χ1) is 44.3. The maximum absolute atomic E-state index is 16.0. The highest BCUT2D eigenvalue weighted by molar-refractivity contribution is 6.24. The lowest BCUT2D eigenvalue weighted by atomic mass is 9.73. The van der Waals surface area contributed by atoms with Gasteiger partial charge in [-0.15, -0.1) is 0 Å². The van der Waals surface area contributed by atoms with Crippen molar-refractivity contribution in [2.24, 2.45) is 5.92 Å². The molecule has 13 rings (SSSR count). The summed E-state index contributed by atoms with van der Waals surface area (Å²) in [7, 11) is 0. The molecule has 4 saturated heterocycles. The number of imidazole rings is 1. The Labute approximate surface area is 534 Å². The van der Waals surface area contributed by atoms with Gasteiger partial charge in [0.05, 0.1) is 39.8 Å². The van der Waals surface area contributed by atoms with Gasteiger partial charge in [0, 0.05) is 85.7 Å². The molecule has 9 heterocycles. The van der Waals surface area contributed by atoms with E-state index < -0.39 is 40.9 Å². The van der Waals surface area contributed by atoms with E-state index in [-0.39, 0.29) is 83.0 Å². The number of piperidine rings is 4. The highest BCUT2D eigenvalue weighted by Crippen LogP contribution is 2.53. The van der Waals surface area contributed by atoms with Crippen LogP contribution in [0.25, 0.3) is 22.3 Å². The fourth-order valence-corrected chi connectivity index (χ4v) is 15.1. The number of rotatable bonds is 17. The van der Waals surface area contributed by atoms with Crippen molar-refractivity contribution in [1.82, 2.24) is 55.1 Å². The van der Waals surface area contributed by atoms with E-state index in [1.54, 1.807) is 43.7 Å². The average Bonchev–Trinajstić information content (AvgIpc) is 1.55. The number of likely N-dealkylation sites (tertiary alicyclic amines) is 3. The summed E-state index contributed by atoms with van der Waals surface area (Å²) in [6.45, 7) is 15.0. The SMILES string of the molecule is Cc1cc(F)c(Nc2nc(-c3ccc4c(c3)N(C3CC(N5CCCCC5)C3)C(=O)C43CCN(C(=O)C4CCN(Cc5ccc(C(=O)NCCCc6cccc7c6C(=O)N(C6CCC(=O)NC6=O)C7=O)nc5)CC4)CC3)cc3ncn(C(C)C)c23)cc1C(=O)NC(C)C. The smallest absolute Gasteiger partial charge is 0.269 e. The van der Waals surface area contributed by atoms with E-state index in [1.807, 2.05) is 55.4 Å². The van der Waals surface area contributed by atoms with E-state index in [1.165, 1.54) is 31.4 Å². The van der Waals surface area contributed by atoms with Crippen LogP contribution in [0.2, 0.25) is 0 Å². The Morgan fingerprint density at radius 1 is 0.804 bits per heavy atom. The summed E-state index contributed by atoms with van der Waals surface area (Å²) in [4.78, 5) is 132. The van der Waals surface area contributed by atoms with Crippen LogP contribution in [0.5, 0.6) is 0 Å². The van der Waals surface area contributed by atoms with Gasteiger partial charge in [0.1, 0.15) is 23.1 Å². The zero-order valence-electron chi connectivity index (χ0n) is 53.0. The molecule has 4 N–H and O–H groups in total. The van der Waals surface area contributed by atoms with Crippen molar-refractivity contribution in [3.63, 3.8) is 0 Å². The van der Waals surface area contributed by atoms with Crippen LogP contribution in [0.3, 0.4) is 0 Å². The molecule has 6 aromatic rings. The van der Waals surface area contributed by atoms with Crippen molar-refractivity contribution in [3.8, 4) is 11.3 Å². The monoisotopic (exact) mass is 1250 g/mol. The average molecular weight is 1250 g/mol. The van der Waals surface area contributed by atoms with Crippen LogP contribution in [0.4, 0.5) is 21.6 Å². The standard InChI is InChI=1S/C70H80FN13O8/c1-40(2)75-63(86)50-35-55(52(71)31-42(50)5)77-62-61-56(74-39-82(61)41(3)4)36-54(76-62)46-15-16-51-58(32-46)83(48-33-47(34-48)80-25-7-6-8-26-80)69(92)70(51)22-29-81(30-23-70)66(89)45-20-27-79(28-21-45)38-43-14-17-53(73-37-43)64(87)72-24-10-12-44-11-9-13-49-60(44)68(91)84(67(49)90)57-18-19-59(85)78-65(57)88/h9,11,13-17,31-32,35-37,39-41,45,47-48,57H,6-8,10,12,18-30,33-34,38H2,1-5H3,(H,72,87)(H,75,86)(H,76,77)(H,78,85,88). The van der Waals surface area contributed by atoms with Gasteiger partial charge >= 0.3 is 0 Å². The van der Waals surface area contributed by atoms with Crippen LogP contribution in [0, 0.1) is 18.7 Å². The third-order valence-electron chi connectivity index (χ3n) is 20.2. The maximum atomic E-state index is 16.0. The van der Waals surface area contributed by atoms with Gasteiger partial charge in [-0.1, -0.05) is 36.8 Å². The maximum Gasteiger partial charge on any atom is 0.269 e. The zero-order chi connectivity index (χ0) is 64.3. The predicted molar refractivity (Wildman–Crippen MR) is 344 cm³/mol. The van der Waals surface area contributed by atoms with E-state index >= 15 is 9.18 Å². The van der Waals surface area contributed by atoms with Crippen molar-refractivity contribution in [2.45, 2.75) is 160 Å². The number of aromatic nitrogens is 4. The molecule has 1 atom stereocenters. The van der Waals surface area contributed by atoms with Crippen molar-refractivity contribution in [3.05, 3.63) is 130 Å². The van der Waals surface area contributed by atoms with E-state index in [0.717, 1.165) is 66.3 Å². The molecule has 480 valence electrons. The second kappa shape index (κ2) is 25.4. The van der Waals surface area contributed by atoms with Gasteiger partial charge in [0.25, 0.3) is 23.6 Å². The number of pyridine rings is 2. The summed E-state index contributed by atoms with van der Waals surface area (Å²) < 4.78 is 18.0. The molecular weight excluding hydrogens is 1170 g/mol. The molecule has 22 heteroatoms. The Morgan fingerprint density at radius 3 is 2.29 bits per heavy atom. The number of carbonyl (C=O) groups is 8. The Bertz CT molecular complexity index is 3950. The second-order valence-corrected chi connectivity index (χ2v) is 26.8. The van der Waals surface area contributed by atoms with Gasteiger partial charge in [-0.2, -0.15) is 0 Å². The molecule has 5 fully saturated rings. The third kappa shape index (κ3) is 11.7. The lowest BCUT2D eigenvalue weighted by Crippen LogP contribution is -2.58. The molecule has 21 nitrogen and oxygen atoms in total. The molecule has 3 aromatic heterocycles. The minimum absolute atomic E-state index is 0.00485. The van der Waals surface area contributed by atoms with Crippen molar-refractivity contribution in [2.75, 3.05) is 56.0 Å². The van der Waals surface area contributed by atoms with Crippen molar-refractivity contribution >= 4 is 75.5 Å². The number of halogens is 1. The largest absolute Gasteiger partial charge is 0.351 e. The molecule has 1 saturated carbocycles. The van der Waals surface area contributed by atoms with Gasteiger partial charge in [0.15, 0.2) is 5.82 Å². The molecule has 1 unspecified atom stereocenters. The summed E-state index contributed by atoms with van der Waals surface area (Å²) in [6.07, 6.45) is 12.3. The second-order valence-electron chi connectivity index (χ2n) is 26.8. The first-order valence-electron chi connectivity index (χ1n) is 32.9. The molecule has 0 bridgehead atoms. The van der Waals surface area contributed by atoms with Crippen molar-refractivity contribution in [1.29, 1.82) is 0 Å². The zero-order valence-corrected chi connectivity index (χ0v) is 53.0. The van der Waals surface area contributed by atoms with Gasteiger partial charge in [0.2, 0.25) is 23.6 Å². The number of nitrogens with zero attached hydrogens (tertiary/aromatic N) is 9. The minimum Gasteiger partial charge on any atom is -0.351 e. The Kier molecular flexibility index (Phi) is 17.1. The fourth-order valence-electron chi connectivity index (χ4n) is 15.1. The molecule has 92 heavy (non-hydrogen) atoms. The van der Waals surface area contributed by atoms with Gasteiger partial charge in [-0.25, -0.2) is 14.4 Å². The number of benzene rings is 3. The predicted octanol–water partition coefficient (Wildman–Crippen LogP) is 8.30. The van der Waals surface area contributed by atoms with Crippen molar-refractivity contribution < 1.29 is 42.7 Å². The number of hydrogen-bond acceptors (Lipinski definition) is 14. The summed E-state index contributed by atoms with van der Waals surface area (Å²) in [5.74, 6) is -2.89. The molecule has 6 aliphatic heterocycles. The summed E-state index contributed by atoms with van der Waals surface area (Å²) in [6, 6.07) is 19.0. The first-order valence-corrected chi connectivity index (χ1v) is 32.9. The summed E-state index contributed by atoms with van der Waals surface area (Å²) in [5, 5.41) is 11.3. The topological polar surface area (TPSA) is 244 Å².